The van der Waals surface area contributed by atoms with Crippen LogP contribution in [0.1, 0.15) is 65.7 Å². The number of Topliss-reactive ketones (excluding diaryl/α,β-unsaturated/α-hetero) is 1. The summed E-state index contributed by atoms with van der Waals surface area (Å²) in [6, 6.07) is 0. The van der Waals surface area contributed by atoms with Crippen molar-refractivity contribution in [3.05, 3.63) is 47.6 Å². The van der Waals surface area contributed by atoms with E-state index in [1.165, 1.54) is 5.57 Å². The molecule has 0 spiro atoms. The fourth-order valence-corrected chi connectivity index (χ4v) is 6.02. The van der Waals surface area contributed by atoms with Gasteiger partial charge in [0.05, 0.1) is 12.2 Å². The van der Waals surface area contributed by atoms with Gasteiger partial charge in [-0.3, -0.25) is 4.79 Å². The van der Waals surface area contributed by atoms with Gasteiger partial charge in [-0.1, -0.05) is 55.7 Å². The summed E-state index contributed by atoms with van der Waals surface area (Å²) in [5, 5.41) is 20.2. The average molecular weight is 409 g/mol. The third kappa shape index (κ3) is 4.56. The Labute approximate surface area is 181 Å². The van der Waals surface area contributed by atoms with Crippen molar-refractivity contribution in [2.75, 3.05) is 0 Å². The summed E-state index contributed by atoms with van der Waals surface area (Å²) in [7, 11) is 0. The van der Waals surface area contributed by atoms with Crippen LogP contribution in [0.3, 0.4) is 0 Å². The van der Waals surface area contributed by atoms with Crippen molar-refractivity contribution in [1.29, 1.82) is 0 Å². The molecule has 0 aromatic carbocycles. The molecule has 0 aliphatic heterocycles. The highest BCUT2D eigenvalue weighted by molar-refractivity contribution is 5.97. The minimum Gasteiger partial charge on any atom is -0.388 e. The maximum Gasteiger partial charge on any atom is 0.208 e. The zero-order valence-electron chi connectivity index (χ0n) is 18.7. The Morgan fingerprint density at radius 3 is 2.60 bits per heavy atom. The van der Waals surface area contributed by atoms with Crippen LogP contribution in [0.4, 0.5) is 0 Å². The van der Waals surface area contributed by atoms with E-state index in [0.29, 0.717) is 30.3 Å². The number of hydrogen-bond donors (Lipinski definition) is 2. The Morgan fingerprint density at radius 2 is 1.93 bits per heavy atom. The van der Waals surface area contributed by atoms with E-state index in [1.54, 1.807) is 6.08 Å². The van der Waals surface area contributed by atoms with Crippen molar-refractivity contribution < 1.29 is 15.0 Å². The summed E-state index contributed by atoms with van der Waals surface area (Å²) in [6.45, 7) is 10.1. The number of ketones is 1. The molecule has 30 heavy (non-hydrogen) atoms. The first kappa shape index (κ1) is 22.8. The van der Waals surface area contributed by atoms with Gasteiger partial charge < -0.3 is 10.2 Å². The minimum atomic E-state index is -0.651. The van der Waals surface area contributed by atoms with E-state index in [9.17, 15) is 15.0 Å². The van der Waals surface area contributed by atoms with Gasteiger partial charge in [0.2, 0.25) is 5.78 Å². The molecule has 0 amide bonds. The van der Waals surface area contributed by atoms with Gasteiger partial charge in [0.25, 0.3) is 0 Å². The Hall–Kier alpha value is -1.89. The van der Waals surface area contributed by atoms with Gasteiger partial charge in [-0.05, 0) is 86.7 Å². The van der Waals surface area contributed by atoms with Crippen molar-refractivity contribution in [2.24, 2.45) is 23.2 Å². The molecular weight excluding hydrogens is 372 g/mol. The lowest BCUT2D eigenvalue weighted by Gasteiger charge is -2.43. The summed E-state index contributed by atoms with van der Waals surface area (Å²) in [6.07, 6.45) is 13.3. The van der Waals surface area contributed by atoms with Crippen LogP contribution < -0.4 is 0 Å². The van der Waals surface area contributed by atoms with Gasteiger partial charge in [-0.2, -0.15) is 0 Å². The summed E-state index contributed by atoms with van der Waals surface area (Å²) in [5.74, 6) is 6.55. The lowest BCUT2D eigenvalue weighted by molar-refractivity contribution is -0.120. The summed E-state index contributed by atoms with van der Waals surface area (Å²) < 4.78 is 0. The Kier molecular flexibility index (Phi) is 7.22. The monoisotopic (exact) mass is 408 g/mol. The first-order valence-corrected chi connectivity index (χ1v) is 11.4. The zero-order chi connectivity index (χ0) is 21.9. The molecule has 0 bridgehead atoms. The van der Waals surface area contributed by atoms with Crippen molar-refractivity contribution in [3.63, 3.8) is 0 Å². The maximum atomic E-state index is 12.6. The lowest BCUT2D eigenvalue weighted by atomic mass is 9.60. The molecule has 6 atom stereocenters. The molecule has 3 aliphatic carbocycles. The molecule has 3 nitrogen and oxygen atoms in total. The number of aliphatic hydroxyl groups is 2. The highest BCUT2D eigenvalue weighted by Gasteiger charge is 2.51. The molecule has 3 fully saturated rings. The molecular formula is C27H36O3. The van der Waals surface area contributed by atoms with Gasteiger partial charge in [-0.15, -0.1) is 0 Å². The van der Waals surface area contributed by atoms with E-state index in [4.69, 9.17) is 0 Å². The second-order valence-corrected chi connectivity index (χ2v) is 9.60. The standard InChI is InChI=1S/C27H36O3/c1-5-6-7-10-24(28)18(2)22-13-14-23-21(9-8-15-27(22,23)4)12-11-20-16-25(29)19(3)26(30)17-20/h5-6,11-12,18,22-23,25-26,29-30H,3,8-9,13-17H2,1-2,4H3/b6-5+,21-12+/t18-,22+,23-,25+,26+,27+/m0/s1. The van der Waals surface area contributed by atoms with Crippen LogP contribution in [-0.2, 0) is 4.79 Å². The van der Waals surface area contributed by atoms with Crippen LogP contribution in [0.15, 0.2) is 47.6 Å². The molecule has 0 unspecified atom stereocenters. The largest absolute Gasteiger partial charge is 0.388 e. The third-order valence-corrected chi connectivity index (χ3v) is 7.80. The van der Waals surface area contributed by atoms with Gasteiger partial charge in [0.1, 0.15) is 0 Å². The molecule has 0 radical (unpaired) electrons. The van der Waals surface area contributed by atoms with Gasteiger partial charge in [0, 0.05) is 5.92 Å². The number of carbonyl (C=O) groups is 1. The number of fused-ring (bicyclic) bond motifs is 1. The maximum absolute atomic E-state index is 12.6. The Bertz CT molecular complexity index is 818. The number of rotatable bonds is 3. The van der Waals surface area contributed by atoms with Gasteiger partial charge >= 0.3 is 0 Å². The van der Waals surface area contributed by atoms with Crippen LogP contribution in [0.5, 0.6) is 0 Å². The summed E-state index contributed by atoms with van der Waals surface area (Å²) >= 11 is 0. The topological polar surface area (TPSA) is 57.5 Å². The van der Waals surface area contributed by atoms with E-state index in [2.05, 4.69) is 44.4 Å². The molecule has 3 saturated carbocycles. The summed E-state index contributed by atoms with van der Waals surface area (Å²) in [4.78, 5) is 12.6. The van der Waals surface area contributed by atoms with Crippen LogP contribution >= 0.6 is 0 Å². The van der Waals surface area contributed by atoms with Crippen molar-refractivity contribution in [1.82, 2.24) is 0 Å². The van der Waals surface area contributed by atoms with Crippen LogP contribution in [0, 0.1) is 35.0 Å². The van der Waals surface area contributed by atoms with E-state index in [0.717, 1.165) is 37.7 Å². The van der Waals surface area contributed by atoms with E-state index >= 15 is 0 Å². The second-order valence-electron chi connectivity index (χ2n) is 9.60. The zero-order valence-corrected chi connectivity index (χ0v) is 18.7. The number of hydrogen-bond acceptors (Lipinski definition) is 3. The molecule has 3 aliphatic rings. The molecule has 0 saturated heterocycles. The van der Waals surface area contributed by atoms with Crippen molar-refractivity contribution in [3.8, 4) is 11.8 Å². The third-order valence-electron chi connectivity index (χ3n) is 7.80. The Morgan fingerprint density at radius 1 is 1.23 bits per heavy atom. The first-order chi connectivity index (χ1) is 14.3. The highest BCUT2D eigenvalue weighted by atomic mass is 16.3. The molecule has 162 valence electrons. The average Bonchev–Trinajstić information content (AvgIpc) is 3.07. The Balaban J connectivity index is 1.77. The molecule has 0 aromatic rings. The number of carbonyl (C=O) groups excluding carboxylic acids is 1. The minimum absolute atomic E-state index is 0.0369. The van der Waals surface area contributed by atoms with Gasteiger partial charge in [0.15, 0.2) is 0 Å². The highest BCUT2D eigenvalue weighted by Crippen LogP contribution is 2.59. The van der Waals surface area contributed by atoms with Crippen molar-refractivity contribution in [2.45, 2.75) is 77.9 Å². The van der Waals surface area contributed by atoms with Crippen LogP contribution in [0.25, 0.3) is 0 Å². The smallest absolute Gasteiger partial charge is 0.208 e. The molecule has 0 heterocycles. The number of aliphatic hydroxyl groups excluding tert-OH is 2. The van der Waals surface area contributed by atoms with Crippen LogP contribution in [0.2, 0.25) is 0 Å². The SMILES string of the molecule is C=C1[C@H](O)CC(=C/C=C2\CCC[C@]3(C)[C@@H]([C@H](C)C(=O)C#C/C=C/C)CC[C@@H]23)C[C@H]1O. The molecule has 2 N–H and O–H groups in total. The quantitative estimate of drug-likeness (QED) is 0.396. The molecule has 0 aromatic heterocycles. The van der Waals surface area contributed by atoms with E-state index < -0.39 is 12.2 Å². The summed E-state index contributed by atoms with van der Waals surface area (Å²) in [5.41, 5.74) is 3.21. The van der Waals surface area contributed by atoms with E-state index in [1.807, 2.05) is 13.0 Å². The second kappa shape index (κ2) is 9.50. The molecule has 3 rings (SSSR count). The predicted molar refractivity (Wildman–Crippen MR) is 121 cm³/mol. The fourth-order valence-electron chi connectivity index (χ4n) is 6.02. The fraction of sp³-hybridized carbons (Fsp3) is 0.593. The first-order valence-electron chi connectivity index (χ1n) is 11.4. The molecule has 3 heteroatoms. The van der Waals surface area contributed by atoms with Gasteiger partial charge in [-0.25, -0.2) is 0 Å². The lowest BCUT2D eigenvalue weighted by Crippen LogP contribution is -2.37. The normalized spacial score (nSPS) is 36.4. The predicted octanol–water partition coefficient (Wildman–Crippen LogP) is 4.91. The van der Waals surface area contributed by atoms with Crippen LogP contribution in [-0.4, -0.2) is 28.2 Å². The number of allylic oxidation sites excluding steroid dienone is 5. The van der Waals surface area contributed by atoms with E-state index in [-0.39, 0.29) is 17.1 Å². The van der Waals surface area contributed by atoms with Crippen molar-refractivity contribution >= 4 is 5.78 Å².